The molecule has 2 aromatic rings. The van der Waals surface area contributed by atoms with Gasteiger partial charge in [0.2, 0.25) is 0 Å². The molecule has 2 aromatic carbocycles. The zero-order valence-corrected chi connectivity index (χ0v) is 10.0. The smallest absolute Gasteiger partial charge is 0.124 e. The van der Waals surface area contributed by atoms with E-state index in [0.29, 0.717) is 11.4 Å². The van der Waals surface area contributed by atoms with E-state index in [0.717, 1.165) is 0 Å². The Labute approximate surface area is 105 Å². The van der Waals surface area contributed by atoms with E-state index in [1.54, 1.807) is 12.1 Å². The largest absolute Gasteiger partial charge is 0.744 e. The van der Waals surface area contributed by atoms with E-state index in [2.05, 4.69) is 10.2 Å². The predicted molar refractivity (Wildman–Crippen MR) is 65.0 cm³/mol. The van der Waals surface area contributed by atoms with Crippen LogP contribution >= 0.6 is 0 Å². The minimum Gasteiger partial charge on any atom is -0.744 e. The van der Waals surface area contributed by atoms with Gasteiger partial charge in [0, 0.05) is 0 Å². The van der Waals surface area contributed by atoms with Gasteiger partial charge in [0.15, 0.2) is 0 Å². The number of hydrogen-bond donors (Lipinski definition) is 0. The number of azo groups is 1. The van der Waals surface area contributed by atoms with Crippen LogP contribution < -0.4 is 0 Å². The maximum Gasteiger partial charge on any atom is 0.124 e. The first-order chi connectivity index (χ1) is 8.55. The van der Waals surface area contributed by atoms with Gasteiger partial charge in [0.1, 0.15) is 10.1 Å². The Morgan fingerprint density at radius 2 is 1.28 bits per heavy atom. The molecule has 18 heavy (non-hydrogen) atoms. The third kappa shape index (κ3) is 3.22. The van der Waals surface area contributed by atoms with E-state index in [-0.39, 0.29) is 4.90 Å². The summed E-state index contributed by atoms with van der Waals surface area (Å²) in [5.74, 6) is 0. The van der Waals surface area contributed by atoms with Crippen LogP contribution in [-0.2, 0) is 10.1 Å². The maximum atomic E-state index is 10.7. The summed E-state index contributed by atoms with van der Waals surface area (Å²) in [6.07, 6.45) is 0. The highest BCUT2D eigenvalue weighted by Crippen LogP contribution is 2.19. The monoisotopic (exact) mass is 261 g/mol. The Balaban J connectivity index is 2.19. The Hall–Kier alpha value is -2.05. The summed E-state index contributed by atoms with van der Waals surface area (Å²) < 4.78 is 32.1. The molecule has 0 unspecified atom stereocenters. The van der Waals surface area contributed by atoms with Crippen LogP contribution in [0.15, 0.2) is 69.7 Å². The minimum atomic E-state index is -4.41. The summed E-state index contributed by atoms with van der Waals surface area (Å²) in [6, 6.07) is 14.4. The highest BCUT2D eigenvalue weighted by Gasteiger charge is 1.99. The zero-order chi connectivity index (χ0) is 13.0. The first kappa shape index (κ1) is 12.4. The fourth-order valence-corrected chi connectivity index (χ4v) is 1.76. The van der Waals surface area contributed by atoms with Crippen molar-refractivity contribution in [1.29, 1.82) is 0 Å². The fraction of sp³-hybridized carbons (Fsp3) is 0. The molecule has 0 heterocycles. The molecule has 0 aliphatic heterocycles. The molecule has 0 saturated heterocycles. The van der Waals surface area contributed by atoms with E-state index in [1.807, 2.05) is 18.2 Å². The lowest BCUT2D eigenvalue weighted by atomic mass is 10.3. The summed E-state index contributed by atoms with van der Waals surface area (Å²) >= 11 is 0. The van der Waals surface area contributed by atoms with Crippen LogP contribution in [0.3, 0.4) is 0 Å². The summed E-state index contributed by atoms with van der Waals surface area (Å²) in [5, 5.41) is 7.89. The molecule has 2 rings (SSSR count). The van der Waals surface area contributed by atoms with Crippen molar-refractivity contribution in [2.24, 2.45) is 10.2 Å². The lowest BCUT2D eigenvalue weighted by Crippen LogP contribution is -1.97. The summed E-state index contributed by atoms with van der Waals surface area (Å²) in [6.45, 7) is 0. The van der Waals surface area contributed by atoms with E-state index in [9.17, 15) is 13.0 Å². The third-order valence-corrected chi connectivity index (χ3v) is 3.01. The lowest BCUT2D eigenvalue weighted by molar-refractivity contribution is 0.463. The molecule has 92 valence electrons. The van der Waals surface area contributed by atoms with Crippen LogP contribution in [-0.4, -0.2) is 13.0 Å². The van der Waals surface area contributed by atoms with Gasteiger partial charge in [-0.3, -0.25) is 0 Å². The SMILES string of the molecule is O=S(=O)([O-])c1ccc(N=Nc2ccccc2)cc1. The van der Waals surface area contributed by atoms with Crippen LogP contribution in [0.5, 0.6) is 0 Å². The van der Waals surface area contributed by atoms with Gasteiger partial charge in [-0.2, -0.15) is 10.2 Å². The third-order valence-electron chi connectivity index (χ3n) is 2.16. The number of benzene rings is 2. The summed E-state index contributed by atoms with van der Waals surface area (Å²) in [4.78, 5) is -0.277. The number of rotatable bonds is 3. The van der Waals surface area contributed by atoms with Crippen molar-refractivity contribution < 1.29 is 13.0 Å². The molecule has 0 bridgehead atoms. The van der Waals surface area contributed by atoms with Crippen molar-refractivity contribution in [2.45, 2.75) is 4.90 Å². The van der Waals surface area contributed by atoms with Crippen molar-refractivity contribution in [1.82, 2.24) is 0 Å². The molecular weight excluding hydrogens is 252 g/mol. The summed E-state index contributed by atoms with van der Waals surface area (Å²) in [7, 11) is -4.41. The second-order valence-electron chi connectivity index (χ2n) is 3.48. The lowest BCUT2D eigenvalue weighted by Gasteiger charge is -2.05. The molecule has 0 aliphatic rings. The van der Waals surface area contributed by atoms with Gasteiger partial charge in [-0.1, -0.05) is 18.2 Å². The van der Waals surface area contributed by atoms with Crippen molar-refractivity contribution in [3.05, 3.63) is 54.6 Å². The highest BCUT2D eigenvalue weighted by molar-refractivity contribution is 7.85. The van der Waals surface area contributed by atoms with Crippen LogP contribution in [0.2, 0.25) is 0 Å². The van der Waals surface area contributed by atoms with Crippen molar-refractivity contribution in [3.63, 3.8) is 0 Å². The highest BCUT2D eigenvalue weighted by atomic mass is 32.2. The van der Waals surface area contributed by atoms with Crippen molar-refractivity contribution in [3.8, 4) is 0 Å². The summed E-state index contributed by atoms with van der Waals surface area (Å²) in [5.41, 5.74) is 1.17. The second-order valence-corrected chi connectivity index (χ2v) is 4.86. The molecule has 0 amide bonds. The number of hydrogen-bond acceptors (Lipinski definition) is 5. The fourth-order valence-electron chi connectivity index (χ4n) is 1.29. The van der Waals surface area contributed by atoms with Gasteiger partial charge in [0.05, 0.1) is 16.3 Å². The molecular formula is C12H9N2O3S-. The van der Waals surface area contributed by atoms with Gasteiger partial charge < -0.3 is 4.55 Å². The molecule has 6 heteroatoms. The van der Waals surface area contributed by atoms with Crippen LogP contribution in [0.25, 0.3) is 0 Å². The van der Waals surface area contributed by atoms with E-state index in [1.165, 1.54) is 24.3 Å². The average molecular weight is 261 g/mol. The standard InChI is InChI=1S/C12H10N2O3S/c15-18(16,17)12-8-6-11(7-9-12)14-13-10-4-2-1-3-5-10/h1-9H,(H,15,16,17)/p-1. The Morgan fingerprint density at radius 3 is 1.78 bits per heavy atom. The normalized spacial score (nSPS) is 11.8. The Bertz CT molecular complexity index is 649. The molecule has 0 fully saturated rings. The quantitative estimate of drug-likeness (QED) is 0.629. The van der Waals surface area contributed by atoms with Crippen LogP contribution in [0.1, 0.15) is 0 Å². The molecule has 0 radical (unpaired) electrons. The first-order valence-corrected chi connectivity index (χ1v) is 6.49. The van der Waals surface area contributed by atoms with Gasteiger partial charge in [0.25, 0.3) is 0 Å². The van der Waals surface area contributed by atoms with Gasteiger partial charge in [-0.25, -0.2) is 8.42 Å². The first-order valence-electron chi connectivity index (χ1n) is 5.08. The van der Waals surface area contributed by atoms with Gasteiger partial charge in [-0.15, -0.1) is 0 Å². The van der Waals surface area contributed by atoms with E-state index < -0.39 is 10.1 Å². The Morgan fingerprint density at radius 1 is 0.778 bits per heavy atom. The van der Waals surface area contributed by atoms with E-state index >= 15 is 0 Å². The predicted octanol–water partition coefficient (Wildman–Crippen LogP) is 3.01. The minimum absolute atomic E-state index is 0.277. The van der Waals surface area contributed by atoms with Gasteiger partial charge in [-0.05, 0) is 36.4 Å². The van der Waals surface area contributed by atoms with Crippen LogP contribution in [0.4, 0.5) is 11.4 Å². The molecule has 0 aromatic heterocycles. The Kier molecular flexibility index (Phi) is 3.50. The van der Waals surface area contributed by atoms with Crippen molar-refractivity contribution in [2.75, 3.05) is 0 Å². The van der Waals surface area contributed by atoms with Crippen LogP contribution in [0, 0.1) is 0 Å². The molecule has 0 N–H and O–H groups in total. The average Bonchev–Trinajstić information content (AvgIpc) is 2.37. The van der Waals surface area contributed by atoms with E-state index in [4.69, 9.17) is 0 Å². The number of nitrogens with zero attached hydrogens (tertiary/aromatic N) is 2. The molecule has 0 atom stereocenters. The molecule has 5 nitrogen and oxygen atoms in total. The topological polar surface area (TPSA) is 81.9 Å². The van der Waals surface area contributed by atoms with Gasteiger partial charge >= 0.3 is 0 Å². The molecule has 0 aliphatic carbocycles. The zero-order valence-electron chi connectivity index (χ0n) is 9.22. The maximum absolute atomic E-state index is 10.7. The second kappa shape index (κ2) is 5.07. The molecule has 0 saturated carbocycles. The molecule has 0 spiro atoms. The van der Waals surface area contributed by atoms with Crippen molar-refractivity contribution >= 4 is 21.5 Å².